The van der Waals surface area contributed by atoms with E-state index in [0.29, 0.717) is 6.42 Å². The number of hydrogen-bond donors (Lipinski definition) is 1. The number of para-hydroxylation sites is 2. The Morgan fingerprint density at radius 1 is 1.55 bits per heavy atom. The van der Waals surface area contributed by atoms with Crippen molar-refractivity contribution >= 4 is 29.1 Å². The molecule has 1 unspecified atom stereocenters. The van der Waals surface area contributed by atoms with Crippen molar-refractivity contribution in [3.63, 3.8) is 0 Å². The third kappa shape index (κ3) is 4.92. The number of carbonyl (C=O) groups excluding carboxylic acids is 1. The van der Waals surface area contributed by atoms with Crippen LogP contribution in [0.1, 0.15) is 6.42 Å². The minimum atomic E-state index is -0.718. The number of hydrogen-bond acceptors (Lipinski definition) is 6. The summed E-state index contributed by atoms with van der Waals surface area (Å²) in [6.07, 6.45) is 5.66. The second kappa shape index (κ2) is 8.89. The van der Waals surface area contributed by atoms with E-state index in [1.165, 1.54) is 24.9 Å². The number of carbonyl (C=O) groups is 1. The number of anilines is 1. The second-order valence-electron chi connectivity index (χ2n) is 4.27. The highest BCUT2D eigenvalue weighted by Gasteiger charge is 2.23. The van der Waals surface area contributed by atoms with E-state index in [0.717, 1.165) is 4.91 Å². The van der Waals surface area contributed by atoms with Crippen molar-refractivity contribution in [2.45, 2.75) is 12.5 Å². The van der Waals surface area contributed by atoms with Gasteiger partial charge >= 0.3 is 5.97 Å². The van der Waals surface area contributed by atoms with Crippen LogP contribution in [0.15, 0.2) is 47.9 Å². The molecule has 118 valence electrons. The maximum absolute atomic E-state index is 11.9. The molecular formula is C15H18N2O4S. The first kappa shape index (κ1) is 17.8. The first-order valence-corrected chi connectivity index (χ1v) is 7.69. The van der Waals surface area contributed by atoms with Crippen molar-refractivity contribution in [2.24, 2.45) is 0 Å². The standard InChI is InChI=1S/C15H18N2O4S/c1-4-7-11(22-3)10-13(15(18)21-2)16-12-8-5-6-9-14(12)17(19)20/h4-9,13,16H,1,10H2,2-3H3/b11-7-. The SMILES string of the molecule is C=C/C=C(/CC(Nc1ccccc1[N+](=O)[O-])C(=O)OC)SC. The fourth-order valence-corrected chi connectivity index (χ4v) is 2.40. The number of nitro benzene ring substituents is 1. The van der Waals surface area contributed by atoms with Crippen LogP contribution in [-0.2, 0) is 9.53 Å². The van der Waals surface area contributed by atoms with Crippen LogP contribution in [0.25, 0.3) is 0 Å². The van der Waals surface area contributed by atoms with E-state index in [9.17, 15) is 14.9 Å². The number of nitro groups is 1. The van der Waals surface area contributed by atoms with E-state index >= 15 is 0 Å². The van der Waals surface area contributed by atoms with E-state index in [-0.39, 0.29) is 11.4 Å². The zero-order chi connectivity index (χ0) is 16.5. The molecule has 0 aliphatic carbocycles. The minimum absolute atomic E-state index is 0.0881. The Bertz CT molecular complexity index is 587. The van der Waals surface area contributed by atoms with E-state index in [4.69, 9.17) is 4.74 Å². The maximum Gasteiger partial charge on any atom is 0.328 e. The van der Waals surface area contributed by atoms with Gasteiger partial charge in [0.1, 0.15) is 11.7 Å². The number of nitrogens with one attached hydrogen (secondary N) is 1. The van der Waals surface area contributed by atoms with Crippen LogP contribution in [0.4, 0.5) is 11.4 Å². The van der Waals surface area contributed by atoms with E-state index in [1.54, 1.807) is 30.4 Å². The average Bonchev–Trinajstić information content (AvgIpc) is 2.53. The zero-order valence-electron chi connectivity index (χ0n) is 12.4. The lowest BCUT2D eigenvalue weighted by molar-refractivity contribution is -0.384. The Balaban J connectivity index is 3.05. The molecule has 0 amide bonds. The Kier molecular flexibility index (Phi) is 7.18. The summed E-state index contributed by atoms with van der Waals surface area (Å²) in [7, 11) is 1.28. The smallest absolute Gasteiger partial charge is 0.328 e. The van der Waals surface area contributed by atoms with Gasteiger partial charge in [-0.15, -0.1) is 11.8 Å². The van der Waals surface area contributed by atoms with Gasteiger partial charge in [0.25, 0.3) is 5.69 Å². The normalized spacial score (nSPS) is 12.4. The van der Waals surface area contributed by atoms with Crippen molar-refractivity contribution in [3.05, 3.63) is 58.0 Å². The fraction of sp³-hybridized carbons (Fsp3) is 0.267. The van der Waals surface area contributed by atoms with Crippen molar-refractivity contribution in [1.82, 2.24) is 0 Å². The lowest BCUT2D eigenvalue weighted by Gasteiger charge is -2.18. The molecule has 0 radical (unpaired) electrons. The molecule has 0 aliphatic heterocycles. The predicted octanol–water partition coefficient (Wildman–Crippen LogP) is 3.37. The number of rotatable bonds is 8. The summed E-state index contributed by atoms with van der Waals surface area (Å²) in [5, 5.41) is 13.9. The van der Waals surface area contributed by atoms with Gasteiger partial charge in [-0.25, -0.2) is 4.79 Å². The monoisotopic (exact) mass is 322 g/mol. The summed E-state index contributed by atoms with van der Waals surface area (Å²) in [5.41, 5.74) is 0.191. The van der Waals surface area contributed by atoms with Crippen LogP contribution in [0.3, 0.4) is 0 Å². The number of allylic oxidation sites excluding steroid dienone is 2. The topological polar surface area (TPSA) is 81.5 Å². The summed E-state index contributed by atoms with van der Waals surface area (Å²) < 4.78 is 4.77. The van der Waals surface area contributed by atoms with E-state index in [2.05, 4.69) is 11.9 Å². The Morgan fingerprint density at radius 2 is 2.23 bits per heavy atom. The van der Waals surface area contributed by atoms with Gasteiger partial charge in [0.15, 0.2) is 0 Å². The Labute approximate surface area is 133 Å². The van der Waals surface area contributed by atoms with Gasteiger partial charge < -0.3 is 10.1 Å². The fourth-order valence-electron chi connectivity index (χ4n) is 1.83. The maximum atomic E-state index is 11.9. The van der Waals surface area contributed by atoms with Gasteiger partial charge in [-0.3, -0.25) is 10.1 Å². The number of nitrogens with zero attached hydrogens (tertiary/aromatic N) is 1. The molecule has 0 aliphatic rings. The summed E-state index contributed by atoms with van der Waals surface area (Å²) in [4.78, 5) is 23.4. The Morgan fingerprint density at radius 3 is 2.77 bits per heavy atom. The van der Waals surface area contributed by atoms with Crippen LogP contribution < -0.4 is 5.32 Å². The highest BCUT2D eigenvalue weighted by Crippen LogP contribution is 2.27. The number of thioether (sulfide) groups is 1. The number of esters is 1. The van der Waals surface area contributed by atoms with E-state index < -0.39 is 16.9 Å². The molecule has 0 aromatic heterocycles. The molecule has 0 heterocycles. The predicted molar refractivity (Wildman–Crippen MR) is 88.9 cm³/mol. The van der Waals surface area contributed by atoms with Gasteiger partial charge in [-0.05, 0) is 17.2 Å². The summed E-state index contributed by atoms with van der Waals surface area (Å²) in [6.45, 7) is 3.63. The summed E-state index contributed by atoms with van der Waals surface area (Å²) >= 11 is 1.48. The molecule has 1 aromatic rings. The molecule has 0 saturated heterocycles. The van der Waals surface area contributed by atoms with Crippen LogP contribution in [0, 0.1) is 10.1 Å². The van der Waals surface area contributed by atoms with Crippen molar-refractivity contribution in [2.75, 3.05) is 18.7 Å². The van der Waals surface area contributed by atoms with Gasteiger partial charge in [-0.2, -0.15) is 0 Å². The second-order valence-corrected chi connectivity index (χ2v) is 5.20. The lowest BCUT2D eigenvalue weighted by Crippen LogP contribution is -2.31. The molecule has 1 rings (SSSR count). The van der Waals surface area contributed by atoms with Gasteiger partial charge in [0, 0.05) is 12.5 Å². The van der Waals surface area contributed by atoms with Crippen LogP contribution in [0.2, 0.25) is 0 Å². The highest BCUT2D eigenvalue weighted by atomic mass is 32.2. The summed E-state index contributed by atoms with van der Waals surface area (Å²) in [6, 6.07) is 5.46. The highest BCUT2D eigenvalue weighted by molar-refractivity contribution is 8.02. The molecular weight excluding hydrogens is 304 g/mol. The molecule has 1 N–H and O–H groups in total. The third-order valence-electron chi connectivity index (χ3n) is 2.89. The van der Waals surface area contributed by atoms with Crippen molar-refractivity contribution < 1.29 is 14.5 Å². The largest absolute Gasteiger partial charge is 0.467 e. The minimum Gasteiger partial charge on any atom is -0.467 e. The van der Waals surface area contributed by atoms with E-state index in [1.807, 2.05) is 6.26 Å². The average molecular weight is 322 g/mol. The number of methoxy groups -OCH3 is 1. The van der Waals surface area contributed by atoms with Crippen LogP contribution >= 0.6 is 11.8 Å². The molecule has 22 heavy (non-hydrogen) atoms. The van der Waals surface area contributed by atoms with Gasteiger partial charge in [0.05, 0.1) is 12.0 Å². The van der Waals surface area contributed by atoms with Gasteiger partial charge in [-0.1, -0.05) is 30.9 Å². The molecule has 7 heteroatoms. The molecule has 0 spiro atoms. The quantitative estimate of drug-likeness (QED) is 0.342. The third-order valence-corrected chi connectivity index (χ3v) is 3.71. The lowest BCUT2D eigenvalue weighted by atomic mass is 10.1. The summed E-state index contributed by atoms with van der Waals surface area (Å²) in [5.74, 6) is -0.484. The first-order valence-electron chi connectivity index (χ1n) is 6.46. The zero-order valence-corrected chi connectivity index (χ0v) is 13.3. The molecule has 0 saturated carbocycles. The number of benzene rings is 1. The first-order chi connectivity index (χ1) is 10.5. The Hall–Kier alpha value is -2.28. The molecule has 6 nitrogen and oxygen atoms in total. The number of ether oxygens (including phenoxy) is 1. The van der Waals surface area contributed by atoms with Crippen molar-refractivity contribution in [1.29, 1.82) is 0 Å². The van der Waals surface area contributed by atoms with Crippen LogP contribution in [0.5, 0.6) is 0 Å². The van der Waals surface area contributed by atoms with Crippen molar-refractivity contribution in [3.8, 4) is 0 Å². The molecule has 0 bridgehead atoms. The van der Waals surface area contributed by atoms with Gasteiger partial charge in [0.2, 0.25) is 0 Å². The molecule has 1 aromatic carbocycles. The molecule has 1 atom stereocenters. The molecule has 0 fully saturated rings. The van der Waals surface area contributed by atoms with Crippen LogP contribution in [-0.4, -0.2) is 30.3 Å².